The number of hydrogen-bond acceptors (Lipinski definition) is 4. The van der Waals surface area contributed by atoms with Gasteiger partial charge in [-0.15, -0.1) is 0 Å². The standard InChI is InChI=1S/C20H27F2N3O2/c1-27-16-5-3-15(4-6-16)25-10-8-20(19(25)26)7-2-9-24(13-20)18-17(22)11-14(21)12-23-18/h11-12,15-16H,2-10,13H2,1H3/t15-,16-,20-/m1/s1. The zero-order valence-corrected chi connectivity index (χ0v) is 15.8. The lowest BCUT2D eigenvalue weighted by Crippen LogP contribution is -2.50. The second-order valence-electron chi connectivity index (χ2n) is 8.18. The molecule has 1 spiro atoms. The topological polar surface area (TPSA) is 45.7 Å². The van der Waals surface area contributed by atoms with Crippen molar-refractivity contribution in [2.45, 2.75) is 57.1 Å². The molecule has 1 amide bonds. The first-order chi connectivity index (χ1) is 13.0. The normalized spacial score (nSPS) is 31.7. The number of aromatic nitrogens is 1. The minimum Gasteiger partial charge on any atom is -0.381 e. The van der Waals surface area contributed by atoms with Crippen LogP contribution >= 0.6 is 0 Å². The van der Waals surface area contributed by atoms with E-state index in [0.717, 1.165) is 63.8 Å². The quantitative estimate of drug-likeness (QED) is 0.810. The molecule has 5 nitrogen and oxygen atoms in total. The van der Waals surface area contributed by atoms with Crippen molar-refractivity contribution in [1.82, 2.24) is 9.88 Å². The largest absolute Gasteiger partial charge is 0.381 e. The van der Waals surface area contributed by atoms with E-state index in [4.69, 9.17) is 4.74 Å². The number of ether oxygens (including phenoxy) is 1. The molecule has 0 unspecified atom stereocenters. The first-order valence-corrected chi connectivity index (χ1v) is 9.92. The van der Waals surface area contributed by atoms with E-state index in [1.807, 2.05) is 4.90 Å². The molecule has 0 radical (unpaired) electrons. The second kappa shape index (κ2) is 7.34. The second-order valence-corrected chi connectivity index (χ2v) is 8.18. The number of halogens is 2. The van der Waals surface area contributed by atoms with Crippen LogP contribution < -0.4 is 4.90 Å². The van der Waals surface area contributed by atoms with Crippen LogP contribution in [0.4, 0.5) is 14.6 Å². The number of methoxy groups -OCH3 is 1. The van der Waals surface area contributed by atoms with Crippen LogP contribution in [0.2, 0.25) is 0 Å². The van der Waals surface area contributed by atoms with E-state index in [0.29, 0.717) is 25.2 Å². The van der Waals surface area contributed by atoms with Gasteiger partial charge in [0, 0.05) is 38.9 Å². The molecule has 2 aliphatic heterocycles. The molecular weight excluding hydrogens is 352 g/mol. The average Bonchev–Trinajstić information content (AvgIpc) is 2.98. The third-order valence-electron chi connectivity index (χ3n) is 6.63. The molecule has 7 heteroatoms. The van der Waals surface area contributed by atoms with Crippen LogP contribution in [0.1, 0.15) is 44.9 Å². The number of anilines is 1. The molecule has 1 aromatic heterocycles. The molecule has 148 valence electrons. The van der Waals surface area contributed by atoms with E-state index in [-0.39, 0.29) is 11.7 Å². The smallest absolute Gasteiger partial charge is 0.230 e. The summed E-state index contributed by atoms with van der Waals surface area (Å²) < 4.78 is 32.8. The summed E-state index contributed by atoms with van der Waals surface area (Å²) in [6, 6.07) is 1.15. The van der Waals surface area contributed by atoms with Gasteiger partial charge in [0.2, 0.25) is 5.91 Å². The lowest BCUT2D eigenvalue weighted by atomic mass is 9.78. The predicted molar refractivity (Wildman–Crippen MR) is 97.4 cm³/mol. The Bertz CT molecular complexity index is 708. The van der Waals surface area contributed by atoms with Crippen LogP contribution in [-0.4, -0.2) is 54.7 Å². The molecule has 1 aromatic rings. The maximum Gasteiger partial charge on any atom is 0.230 e. The van der Waals surface area contributed by atoms with E-state index < -0.39 is 17.0 Å². The molecule has 1 aliphatic carbocycles. The maximum atomic E-state index is 14.2. The molecule has 0 aromatic carbocycles. The molecule has 1 atom stereocenters. The van der Waals surface area contributed by atoms with Gasteiger partial charge in [-0.3, -0.25) is 4.79 Å². The van der Waals surface area contributed by atoms with Crippen molar-refractivity contribution in [3.05, 3.63) is 23.9 Å². The number of rotatable bonds is 3. The van der Waals surface area contributed by atoms with Crippen LogP contribution in [0.25, 0.3) is 0 Å². The highest BCUT2D eigenvalue weighted by atomic mass is 19.1. The zero-order chi connectivity index (χ0) is 19.0. The summed E-state index contributed by atoms with van der Waals surface area (Å²) in [7, 11) is 1.75. The minimum atomic E-state index is -0.683. The van der Waals surface area contributed by atoms with E-state index in [2.05, 4.69) is 9.88 Å². The Morgan fingerprint density at radius 2 is 1.96 bits per heavy atom. The lowest BCUT2D eigenvalue weighted by Gasteiger charge is -2.41. The van der Waals surface area contributed by atoms with E-state index in [1.54, 1.807) is 7.11 Å². The van der Waals surface area contributed by atoms with Crippen LogP contribution in [0, 0.1) is 17.0 Å². The van der Waals surface area contributed by atoms with Crippen molar-refractivity contribution in [3.63, 3.8) is 0 Å². The number of carbonyl (C=O) groups is 1. The van der Waals surface area contributed by atoms with E-state index >= 15 is 0 Å². The van der Waals surface area contributed by atoms with Crippen molar-refractivity contribution >= 4 is 11.7 Å². The summed E-state index contributed by atoms with van der Waals surface area (Å²) >= 11 is 0. The fourth-order valence-electron chi connectivity index (χ4n) is 5.12. The number of hydrogen-bond donors (Lipinski definition) is 0. The first kappa shape index (κ1) is 18.6. The highest BCUT2D eigenvalue weighted by molar-refractivity contribution is 5.86. The van der Waals surface area contributed by atoms with E-state index in [9.17, 15) is 13.6 Å². The summed E-state index contributed by atoms with van der Waals surface area (Å²) in [6.45, 7) is 1.88. The molecule has 3 heterocycles. The van der Waals surface area contributed by atoms with Gasteiger partial charge in [0.1, 0.15) is 5.82 Å². The van der Waals surface area contributed by atoms with Crippen molar-refractivity contribution in [1.29, 1.82) is 0 Å². The molecule has 0 bridgehead atoms. The molecule has 3 fully saturated rings. The van der Waals surface area contributed by atoms with Crippen molar-refractivity contribution in [2.24, 2.45) is 5.41 Å². The number of nitrogens with zero attached hydrogens (tertiary/aromatic N) is 3. The minimum absolute atomic E-state index is 0.155. The molecule has 1 saturated carbocycles. The van der Waals surface area contributed by atoms with Gasteiger partial charge in [0.15, 0.2) is 11.6 Å². The number of amides is 1. The Hall–Kier alpha value is -1.76. The number of pyridine rings is 1. The summed E-state index contributed by atoms with van der Waals surface area (Å²) in [4.78, 5) is 21.2. The molecule has 27 heavy (non-hydrogen) atoms. The molecule has 3 aliphatic rings. The Balaban J connectivity index is 1.48. The third kappa shape index (κ3) is 3.42. The average molecular weight is 379 g/mol. The molecular formula is C20H27F2N3O2. The Morgan fingerprint density at radius 1 is 1.19 bits per heavy atom. The molecule has 0 N–H and O–H groups in total. The predicted octanol–water partition coefficient (Wildman–Crippen LogP) is 3.14. The summed E-state index contributed by atoms with van der Waals surface area (Å²) in [6.07, 6.45) is 7.75. The summed E-state index contributed by atoms with van der Waals surface area (Å²) in [5.41, 5.74) is -0.459. The highest BCUT2D eigenvalue weighted by Gasteiger charge is 2.51. The number of piperidine rings is 1. The van der Waals surface area contributed by atoms with E-state index in [1.165, 1.54) is 0 Å². The van der Waals surface area contributed by atoms with Crippen LogP contribution in [0.3, 0.4) is 0 Å². The third-order valence-corrected chi connectivity index (χ3v) is 6.63. The summed E-state index contributed by atoms with van der Waals surface area (Å²) in [5, 5.41) is 0. The highest BCUT2D eigenvalue weighted by Crippen LogP contribution is 2.43. The fourth-order valence-corrected chi connectivity index (χ4v) is 5.12. The van der Waals surface area contributed by atoms with Gasteiger partial charge in [-0.05, 0) is 44.9 Å². The van der Waals surface area contributed by atoms with Gasteiger partial charge in [0.25, 0.3) is 0 Å². The Labute approximate surface area is 158 Å². The maximum absolute atomic E-state index is 14.2. The van der Waals surface area contributed by atoms with Gasteiger partial charge >= 0.3 is 0 Å². The van der Waals surface area contributed by atoms with Crippen LogP contribution in [0.5, 0.6) is 0 Å². The monoisotopic (exact) mass is 379 g/mol. The van der Waals surface area contributed by atoms with Gasteiger partial charge < -0.3 is 14.5 Å². The van der Waals surface area contributed by atoms with Crippen molar-refractivity contribution in [3.8, 4) is 0 Å². The van der Waals surface area contributed by atoms with Gasteiger partial charge in [-0.25, -0.2) is 13.8 Å². The Kier molecular flexibility index (Phi) is 5.05. The fraction of sp³-hybridized carbons (Fsp3) is 0.700. The van der Waals surface area contributed by atoms with Crippen LogP contribution in [0.15, 0.2) is 12.3 Å². The molecule has 4 rings (SSSR count). The zero-order valence-electron chi connectivity index (χ0n) is 15.8. The lowest BCUT2D eigenvalue weighted by molar-refractivity contribution is -0.139. The number of carbonyl (C=O) groups excluding carboxylic acids is 1. The van der Waals surface area contributed by atoms with Gasteiger partial charge in [-0.1, -0.05) is 0 Å². The van der Waals surface area contributed by atoms with Gasteiger partial charge in [-0.2, -0.15) is 0 Å². The first-order valence-electron chi connectivity index (χ1n) is 9.92. The number of likely N-dealkylation sites (tertiary alicyclic amines) is 1. The van der Waals surface area contributed by atoms with Gasteiger partial charge in [0.05, 0.1) is 17.7 Å². The SMILES string of the molecule is CO[C@H]1CC[C@H](N2CC[C@@]3(CCCN(c4ncc(F)cc4F)C3)C2=O)CC1. The molecule has 2 saturated heterocycles. The van der Waals surface area contributed by atoms with Crippen molar-refractivity contribution < 1.29 is 18.3 Å². The van der Waals surface area contributed by atoms with Crippen LogP contribution in [-0.2, 0) is 9.53 Å². The summed E-state index contributed by atoms with van der Waals surface area (Å²) in [5.74, 6) is -0.983. The Morgan fingerprint density at radius 3 is 2.67 bits per heavy atom. The van der Waals surface area contributed by atoms with Crippen molar-refractivity contribution in [2.75, 3.05) is 31.6 Å².